The number of aliphatic hydroxyl groups excluding tert-OH is 1. The van der Waals surface area contributed by atoms with Gasteiger partial charge in [0.2, 0.25) is 0 Å². The Hall–Kier alpha value is -0.970. The molecule has 0 bridgehead atoms. The topological polar surface area (TPSA) is 64.7 Å². The SMILES string of the molecule is CCCOc1cc(OCCC)c(CC(CN)CO)cc1Cl. The van der Waals surface area contributed by atoms with Gasteiger partial charge in [-0.3, -0.25) is 0 Å². The van der Waals surface area contributed by atoms with E-state index >= 15 is 0 Å². The first-order valence-corrected chi connectivity index (χ1v) is 7.92. The summed E-state index contributed by atoms with van der Waals surface area (Å²) in [4.78, 5) is 0. The van der Waals surface area contributed by atoms with Crippen LogP contribution in [0.3, 0.4) is 0 Å². The highest BCUT2D eigenvalue weighted by Gasteiger charge is 2.15. The van der Waals surface area contributed by atoms with Crippen molar-refractivity contribution >= 4 is 11.6 Å². The van der Waals surface area contributed by atoms with Crippen LogP contribution in [-0.2, 0) is 6.42 Å². The van der Waals surface area contributed by atoms with E-state index in [1.54, 1.807) is 0 Å². The smallest absolute Gasteiger partial charge is 0.141 e. The molecule has 0 aromatic heterocycles. The Morgan fingerprint density at radius 1 is 1.14 bits per heavy atom. The Morgan fingerprint density at radius 3 is 2.29 bits per heavy atom. The van der Waals surface area contributed by atoms with E-state index in [9.17, 15) is 5.11 Å². The summed E-state index contributed by atoms with van der Waals surface area (Å²) in [5.74, 6) is 1.41. The number of ether oxygens (including phenoxy) is 2. The van der Waals surface area contributed by atoms with Gasteiger partial charge in [-0.2, -0.15) is 0 Å². The van der Waals surface area contributed by atoms with Gasteiger partial charge in [-0.1, -0.05) is 25.4 Å². The monoisotopic (exact) mass is 315 g/mol. The van der Waals surface area contributed by atoms with Crippen LogP contribution in [0.2, 0.25) is 5.02 Å². The molecule has 0 aliphatic rings. The summed E-state index contributed by atoms with van der Waals surface area (Å²) < 4.78 is 11.4. The summed E-state index contributed by atoms with van der Waals surface area (Å²) in [5.41, 5.74) is 6.62. The Balaban J connectivity index is 3.00. The number of rotatable bonds is 10. The first-order chi connectivity index (χ1) is 10.2. The van der Waals surface area contributed by atoms with E-state index in [4.69, 9.17) is 26.8 Å². The van der Waals surface area contributed by atoms with E-state index in [0.29, 0.717) is 37.0 Å². The number of hydrogen-bond acceptors (Lipinski definition) is 4. The summed E-state index contributed by atoms with van der Waals surface area (Å²) in [6.45, 7) is 5.83. The maximum Gasteiger partial charge on any atom is 0.141 e. The highest BCUT2D eigenvalue weighted by Crippen LogP contribution is 2.34. The maximum atomic E-state index is 9.32. The second-order valence-electron chi connectivity index (χ2n) is 5.08. The number of benzene rings is 1. The summed E-state index contributed by atoms with van der Waals surface area (Å²) in [5, 5.41) is 9.88. The van der Waals surface area contributed by atoms with Gasteiger partial charge < -0.3 is 20.3 Å². The van der Waals surface area contributed by atoms with E-state index in [1.165, 1.54) is 0 Å². The third-order valence-electron chi connectivity index (χ3n) is 3.14. The van der Waals surface area contributed by atoms with Crippen LogP contribution in [0.15, 0.2) is 12.1 Å². The molecule has 0 aliphatic heterocycles. The van der Waals surface area contributed by atoms with Crippen molar-refractivity contribution in [3.8, 4) is 11.5 Å². The zero-order chi connectivity index (χ0) is 15.7. The minimum absolute atomic E-state index is 0.00690. The highest BCUT2D eigenvalue weighted by molar-refractivity contribution is 6.32. The van der Waals surface area contributed by atoms with E-state index < -0.39 is 0 Å². The number of hydrogen-bond donors (Lipinski definition) is 2. The molecule has 5 heteroatoms. The zero-order valence-electron chi connectivity index (χ0n) is 12.9. The number of halogens is 1. The second-order valence-corrected chi connectivity index (χ2v) is 5.48. The van der Waals surface area contributed by atoms with Crippen LogP contribution in [0.4, 0.5) is 0 Å². The standard InChI is InChI=1S/C16H26ClNO3/c1-3-5-20-15-9-16(21-6-4-2)14(17)8-13(15)7-12(10-18)11-19/h8-9,12,19H,3-7,10-11,18H2,1-2H3. The van der Waals surface area contributed by atoms with Gasteiger partial charge in [-0.25, -0.2) is 0 Å². The Morgan fingerprint density at radius 2 is 1.76 bits per heavy atom. The Kier molecular flexibility index (Phi) is 8.50. The summed E-state index contributed by atoms with van der Waals surface area (Å²) in [6.07, 6.45) is 2.48. The van der Waals surface area contributed by atoms with Crippen LogP contribution < -0.4 is 15.2 Å². The molecular formula is C16H26ClNO3. The van der Waals surface area contributed by atoms with Gasteiger partial charge in [0.1, 0.15) is 11.5 Å². The van der Waals surface area contributed by atoms with Gasteiger partial charge in [0, 0.05) is 12.7 Å². The molecule has 0 amide bonds. The van der Waals surface area contributed by atoms with Crippen molar-refractivity contribution in [2.75, 3.05) is 26.4 Å². The molecule has 1 aromatic carbocycles. The normalized spacial score (nSPS) is 12.2. The van der Waals surface area contributed by atoms with Gasteiger partial charge in [-0.15, -0.1) is 0 Å². The molecule has 0 saturated carbocycles. The molecule has 1 rings (SSSR count). The molecule has 4 nitrogen and oxygen atoms in total. The molecule has 3 N–H and O–H groups in total. The van der Waals surface area contributed by atoms with Crippen LogP contribution in [0.25, 0.3) is 0 Å². The molecule has 0 aliphatic carbocycles. The zero-order valence-corrected chi connectivity index (χ0v) is 13.7. The van der Waals surface area contributed by atoms with Crippen molar-refractivity contribution < 1.29 is 14.6 Å². The molecule has 21 heavy (non-hydrogen) atoms. The lowest BCUT2D eigenvalue weighted by Crippen LogP contribution is -2.20. The molecule has 0 spiro atoms. The summed E-state index contributed by atoms with van der Waals surface area (Å²) >= 11 is 6.27. The first-order valence-electron chi connectivity index (χ1n) is 7.55. The first kappa shape index (κ1) is 18.1. The second kappa shape index (κ2) is 9.87. The maximum absolute atomic E-state index is 9.32. The van der Waals surface area contributed by atoms with Crippen LogP contribution >= 0.6 is 11.6 Å². The van der Waals surface area contributed by atoms with E-state index in [-0.39, 0.29) is 12.5 Å². The molecule has 0 heterocycles. The van der Waals surface area contributed by atoms with Gasteiger partial charge in [-0.05, 0) is 43.4 Å². The van der Waals surface area contributed by atoms with Crippen molar-refractivity contribution in [3.05, 3.63) is 22.7 Å². The molecule has 0 saturated heterocycles. The number of aliphatic hydroxyl groups is 1. The highest BCUT2D eigenvalue weighted by atomic mass is 35.5. The fourth-order valence-electron chi connectivity index (χ4n) is 1.94. The van der Waals surface area contributed by atoms with Crippen LogP contribution in [0.5, 0.6) is 11.5 Å². The van der Waals surface area contributed by atoms with Gasteiger partial charge in [0.05, 0.1) is 18.2 Å². The average Bonchev–Trinajstić information content (AvgIpc) is 2.50. The quantitative estimate of drug-likeness (QED) is 0.696. The van der Waals surface area contributed by atoms with E-state index in [2.05, 4.69) is 6.92 Å². The fraction of sp³-hybridized carbons (Fsp3) is 0.625. The van der Waals surface area contributed by atoms with Crippen LogP contribution in [0.1, 0.15) is 32.3 Å². The lowest BCUT2D eigenvalue weighted by Gasteiger charge is -2.18. The van der Waals surface area contributed by atoms with Crippen molar-refractivity contribution in [1.82, 2.24) is 0 Å². The summed E-state index contributed by atoms with van der Waals surface area (Å²) in [6, 6.07) is 3.70. The van der Waals surface area contributed by atoms with Gasteiger partial charge in [0.15, 0.2) is 0 Å². The molecule has 0 fully saturated rings. The minimum Gasteiger partial charge on any atom is -0.493 e. The predicted molar refractivity (Wildman–Crippen MR) is 86.4 cm³/mol. The average molecular weight is 316 g/mol. The van der Waals surface area contributed by atoms with Crippen molar-refractivity contribution in [2.45, 2.75) is 33.1 Å². The van der Waals surface area contributed by atoms with Crippen molar-refractivity contribution in [3.63, 3.8) is 0 Å². The minimum atomic E-state index is 0.00690. The largest absolute Gasteiger partial charge is 0.493 e. The molecular weight excluding hydrogens is 290 g/mol. The van der Waals surface area contributed by atoms with Gasteiger partial charge in [0.25, 0.3) is 0 Å². The molecule has 120 valence electrons. The third kappa shape index (κ3) is 5.73. The molecule has 1 atom stereocenters. The van der Waals surface area contributed by atoms with Crippen LogP contribution in [0, 0.1) is 5.92 Å². The van der Waals surface area contributed by atoms with Crippen molar-refractivity contribution in [1.29, 1.82) is 0 Å². The third-order valence-corrected chi connectivity index (χ3v) is 3.43. The van der Waals surface area contributed by atoms with Crippen LogP contribution in [-0.4, -0.2) is 31.5 Å². The number of nitrogens with two attached hydrogens (primary N) is 1. The summed E-state index contributed by atoms with van der Waals surface area (Å²) in [7, 11) is 0. The molecule has 1 unspecified atom stereocenters. The molecule has 1 aromatic rings. The molecule has 0 radical (unpaired) electrons. The lowest BCUT2D eigenvalue weighted by atomic mass is 9.99. The van der Waals surface area contributed by atoms with E-state index in [0.717, 1.165) is 24.2 Å². The fourth-order valence-corrected chi connectivity index (χ4v) is 2.18. The predicted octanol–water partition coefficient (Wildman–Crippen LogP) is 3.03. The Labute approximate surface area is 132 Å². The van der Waals surface area contributed by atoms with Crippen molar-refractivity contribution in [2.24, 2.45) is 11.7 Å². The van der Waals surface area contributed by atoms with Gasteiger partial charge >= 0.3 is 0 Å². The lowest BCUT2D eigenvalue weighted by molar-refractivity contribution is 0.227. The Bertz CT molecular complexity index is 422. The van der Waals surface area contributed by atoms with E-state index in [1.807, 2.05) is 19.1 Å².